The molecular weight excluding hydrogens is 390 g/mol. The van der Waals surface area contributed by atoms with Crippen LogP contribution in [0.1, 0.15) is 56.8 Å². The highest BCUT2D eigenvalue weighted by Gasteiger charge is 2.33. The van der Waals surface area contributed by atoms with E-state index in [9.17, 15) is 14.4 Å². The molecule has 1 heterocycles. The van der Waals surface area contributed by atoms with E-state index in [4.69, 9.17) is 18.9 Å². The number of likely N-dealkylation sites (tertiary alicyclic amines) is 1. The van der Waals surface area contributed by atoms with Crippen molar-refractivity contribution in [2.24, 2.45) is 0 Å². The molecule has 0 saturated carbocycles. The molecule has 1 unspecified atom stereocenters. The molecule has 1 amide bonds. The van der Waals surface area contributed by atoms with Gasteiger partial charge in [0.2, 0.25) is 0 Å². The van der Waals surface area contributed by atoms with E-state index in [2.05, 4.69) is 0 Å². The molecule has 1 aromatic carbocycles. The third-order valence-corrected chi connectivity index (χ3v) is 4.65. The van der Waals surface area contributed by atoms with Crippen LogP contribution >= 0.6 is 0 Å². The lowest BCUT2D eigenvalue weighted by atomic mass is 10.0. The van der Waals surface area contributed by atoms with Crippen LogP contribution < -0.4 is 9.47 Å². The molecule has 166 valence electrons. The normalized spacial score (nSPS) is 16.0. The Morgan fingerprint density at radius 2 is 1.80 bits per heavy atom. The van der Waals surface area contributed by atoms with Gasteiger partial charge < -0.3 is 23.8 Å². The molecule has 1 aliphatic heterocycles. The first-order chi connectivity index (χ1) is 14.5. The largest absolute Gasteiger partial charge is 0.490 e. The summed E-state index contributed by atoms with van der Waals surface area (Å²) in [5.41, 5.74) is 0.260. The van der Waals surface area contributed by atoms with Gasteiger partial charge in [-0.1, -0.05) is 6.92 Å². The van der Waals surface area contributed by atoms with Gasteiger partial charge in [-0.05, 0) is 57.7 Å². The highest BCUT2D eigenvalue weighted by Crippen LogP contribution is 2.29. The van der Waals surface area contributed by atoms with E-state index >= 15 is 0 Å². The van der Waals surface area contributed by atoms with Crippen LogP contribution in [0.25, 0.3) is 0 Å². The first-order valence-electron chi connectivity index (χ1n) is 10.5. The fourth-order valence-corrected chi connectivity index (χ4v) is 3.24. The summed E-state index contributed by atoms with van der Waals surface area (Å²) in [7, 11) is 0. The fraction of sp³-hybridized carbons (Fsp3) is 0.591. The maximum atomic E-state index is 12.6. The van der Waals surface area contributed by atoms with Gasteiger partial charge in [-0.2, -0.15) is 0 Å². The molecule has 0 aliphatic carbocycles. The van der Waals surface area contributed by atoms with Gasteiger partial charge in [0.05, 0.1) is 25.4 Å². The first kappa shape index (κ1) is 23.5. The second kappa shape index (κ2) is 12.0. The van der Waals surface area contributed by atoms with E-state index < -0.39 is 30.5 Å². The average molecular weight is 421 g/mol. The molecular formula is C22H31NO7. The number of benzene rings is 1. The van der Waals surface area contributed by atoms with E-state index in [0.29, 0.717) is 37.7 Å². The summed E-state index contributed by atoms with van der Waals surface area (Å²) in [4.78, 5) is 38.6. The Balaban J connectivity index is 2.00. The Labute approximate surface area is 177 Å². The highest BCUT2D eigenvalue weighted by molar-refractivity contribution is 5.92. The summed E-state index contributed by atoms with van der Waals surface area (Å²) in [5.74, 6) is -0.465. The monoisotopic (exact) mass is 421 g/mol. The van der Waals surface area contributed by atoms with Gasteiger partial charge in [0.15, 0.2) is 18.1 Å². The van der Waals surface area contributed by atoms with Gasteiger partial charge in [0, 0.05) is 6.54 Å². The summed E-state index contributed by atoms with van der Waals surface area (Å²) >= 11 is 0. The number of esters is 2. The second-order valence-electron chi connectivity index (χ2n) is 6.87. The summed E-state index contributed by atoms with van der Waals surface area (Å²) in [6.45, 7) is 6.78. The number of hydrogen-bond acceptors (Lipinski definition) is 7. The van der Waals surface area contributed by atoms with E-state index in [-0.39, 0.29) is 12.2 Å². The predicted octanol–water partition coefficient (Wildman–Crippen LogP) is 2.98. The van der Waals surface area contributed by atoms with Crippen molar-refractivity contribution in [1.29, 1.82) is 0 Å². The van der Waals surface area contributed by atoms with Crippen LogP contribution in [0, 0.1) is 0 Å². The lowest BCUT2D eigenvalue weighted by molar-refractivity contribution is -0.157. The van der Waals surface area contributed by atoms with Crippen LogP contribution in [0.5, 0.6) is 11.5 Å². The van der Waals surface area contributed by atoms with E-state index in [1.165, 1.54) is 4.90 Å². The summed E-state index contributed by atoms with van der Waals surface area (Å²) in [6, 6.07) is 4.15. The zero-order valence-electron chi connectivity index (χ0n) is 18.0. The van der Waals surface area contributed by atoms with Crippen molar-refractivity contribution in [1.82, 2.24) is 4.90 Å². The van der Waals surface area contributed by atoms with Crippen LogP contribution in [0.3, 0.4) is 0 Å². The standard InChI is InChI=1S/C22H31NO7/c1-4-13-29-18-11-10-16(14-19(18)27-5-2)21(25)30-15-20(24)23-12-8-7-9-17(23)22(26)28-6-3/h10-11,14,17H,4-9,12-13,15H2,1-3H3. The molecule has 1 saturated heterocycles. The number of carbonyl (C=O) groups excluding carboxylic acids is 3. The lowest BCUT2D eigenvalue weighted by Crippen LogP contribution is -2.50. The van der Waals surface area contributed by atoms with E-state index in [0.717, 1.165) is 19.3 Å². The van der Waals surface area contributed by atoms with Gasteiger partial charge in [-0.3, -0.25) is 4.79 Å². The molecule has 0 radical (unpaired) electrons. The van der Waals surface area contributed by atoms with Gasteiger partial charge >= 0.3 is 11.9 Å². The minimum atomic E-state index is -0.643. The zero-order chi connectivity index (χ0) is 21.9. The van der Waals surface area contributed by atoms with Crippen molar-refractivity contribution in [3.05, 3.63) is 23.8 Å². The molecule has 2 rings (SSSR count). The van der Waals surface area contributed by atoms with Crippen LogP contribution in [-0.2, 0) is 19.1 Å². The Bertz CT molecular complexity index is 734. The molecule has 8 nitrogen and oxygen atoms in total. The highest BCUT2D eigenvalue weighted by atomic mass is 16.5. The van der Waals surface area contributed by atoms with Gasteiger partial charge in [0.1, 0.15) is 6.04 Å². The minimum Gasteiger partial charge on any atom is -0.490 e. The Kier molecular flexibility index (Phi) is 9.44. The molecule has 0 aromatic heterocycles. The smallest absolute Gasteiger partial charge is 0.338 e. The average Bonchev–Trinajstić information content (AvgIpc) is 2.76. The Morgan fingerprint density at radius 1 is 1.00 bits per heavy atom. The fourth-order valence-electron chi connectivity index (χ4n) is 3.24. The topological polar surface area (TPSA) is 91.4 Å². The molecule has 0 bridgehead atoms. The number of amides is 1. The Morgan fingerprint density at radius 3 is 2.50 bits per heavy atom. The van der Waals surface area contributed by atoms with Crippen LogP contribution in [0.4, 0.5) is 0 Å². The number of hydrogen-bond donors (Lipinski definition) is 0. The lowest BCUT2D eigenvalue weighted by Gasteiger charge is -2.33. The van der Waals surface area contributed by atoms with Crippen molar-refractivity contribution in [2.75, 3.05) is 33.0 Å². The van der Waals surface area contributed by atoms with Gasteiger partial charge in [0.25, 0.3) is 5.91 Å². The molecule has 30 heavy (non-hydrogen) atoms. The predicted molar refractivity (Wildman–Crippen MR) is 110 cm³/mol. The maximum Gasteiger partial charge on any atom is 0.338 e. The van der Waals surface area contributed by atoms with Crippen molar-refractivity contribution in [3.63, 3.8) is 0 Å². The number of nitrogens with zero attached hydrogens (tertiary/aromatic N) is 1. The van der Waals surface area contributed by atoms with Crippen molar-refractivity contribution >= 4 is 17.8 Å². The SMILES string of the molecule is CCCOc1ccc(C(=O)OCC(=O)N2CCCCC2C(=O)OCC)cc1OCC. The maximum absolute atomic E-state index is 12.6. The molecule has 1 aromatic rings. The van der Waals surface area contributed by atoms with Crippen molar-refractivity contribution < 1.29 is 33.3 Å². The summed E-state index contributed by atoms with van der Waals surface area (Å²) in [5, 5.41) is 0. The molecule has 1 fully saturated rings. The van der Waals surface area contributed by atoms with Crippen LogP contribution in [-0.4, -0.2) is 61.8 Å². The van der Waals surface area contributed by atoms with Crippen molar-refractivity contribution in [3.8, 4) is 11.5 Å². The molecule has 0 spiro atoms. The minimum absolute atomic E-state index is 0.256. The number of ether oxygens (including phenoxy) is 4. The Hall–Kier alpha value is -2.77. The second-order valence-corrected chi connectivity index (χ2v) is 6.87. The molecule has 1 aliphatic rings. The van der Waals surface area contributed by atoms with E-state index in [1.807, 2.05) is 13.8 Å². The number of carbonyl (C=O) groups is 3. The van der Waals surface area contributed by atoms with Gasteiger partial charge in [-0.15, -0.1) is 0 Å². The van der Waals surface area contributed by atoms with Gasteiger partial charge in [-0.25, -0.2) is 9.59 Å². The van der Waals surface area contributed by atoms with Crippen LogP contribution in [0.2, 0.25) is 0 Å². The number of rotatable bonds is 10. The summed E-state index contributed by atoms with van der Waals surface area (Å²) in [6.07, 6.45) is 3.04. The third kappa shape index (κ3) is 6.37. The number of piperidine rings is 1. The third-order valence-electron chi connectivity index (χ3n) is 4.65. The van der Waals surface area contributed by atoms with Crippen LogP contribution in [0.15, 0.2) is 18.2 Å². The summed E-state index contributed by atoms with van der Waals surface area (Å²) < 4.78 is 21.4. The molecule has 8 heteroatoms. The first-order valence-corrected chi connectivity index (χ1v) is 10.5. The quantitative estimate of drug-likeness (QED) is 0.536. The molecule has 1 atom stereocenters. The van der Waals surface area contributed by atoms with Crippen molar-refractivity contribution in [2.45, 2.75) is 52.5 Å². The van der Waals surface area contributed by atoms with E-state index in [1.54, 1.807) is 25.1 Å². The zero-order valence-corrected chi connectivity index (χ0v) is 18.0. The molecule has 0 N–H and O–H groups in total.